The molecule has 0 saturated heterocycles. The Morgan fingerprint density at radius 1 is 1.46 bits per heavy atom. The quantitative estimate of drug-likeness (QED) is 0.320. The summed E-state index contributed by atoms with van der Waals surface area (Å²) in [5, 5.41) is 0. The van der Waals surface area contributed by atoms with Crippen LogP contribution in [0.25, 0.3) is 0 Å². The van der Waals surface area contributed by atoms with Crippen LogP contribution in [-0.2, 0) is 0 Å². The van der Waals surface area contributed by atoms with Gasteiger partial charge >= 0.3 is 0 Å². The summed E-state index contributed by atoms with van der Waals surface area (Å²) in [5.74, 6) is 6.12. The van der Waals surface area contributed by atoms with Gasteiger partial charge in [0.15, 0.2) is 0 Å². The van der Waals surface area contributed by atoms with Crippen molar-refractivity contribution in [3.8, 4) is 0 Å². The highest BCUT2D eigenvalue weighted by Crippen LogP contribution is 1.98. The summed E-state index contributed by atoms with van der Waals surface area (Å²) in [6, 6.07) is 9.86. The van der Waals surface area contributed by atoms with Crippen LogP contribution < -0.4 is 11.3 Å². The first-order valence-electron chi connectivity index (χ1n) is 4.45. The summed E-state index contributed by atoms with van der Waals surface area (Å²) < 4.78 is 0. The predicted molar refractivity (Wildman–Crippen MR) is 57.6 cm³/mol. The number of nitrogens with zero attached hydrogens (tertiary/aromatic N) is 1. The Morgan fingerprint density at radius 2 is 2.15 bits per heavy atom. The maximum atomic E-state index is 5.36. The number of nitrogens with two attached hydrogens (primary N) is 1. The van der Waals surface area contributed by atoms with Gasteiger partial charge < -0.3 is 5.43 Å². The Hall–Kier alpha value is -1.35. The minimum Gasteiger partial charge on any atom is -0.308 e. The Balaban J connectivity index is 0.00000169. The van der Waals surface area contributed by atoms with Gasteiger partial charge in [-0.1, -0.05) is 37.3 Å². The summed E-state index contributed by atoms with van der Waals surface area (Å²) in [6.45, 7) is 2.89. The number of hydrazine groups is 1. The minimum absolute atomic E-state index is 0. The molecule has 72 valence electrons. The van der Waals surface area contributed by atoms with Crippen molar-refractivity contribution >= 4 is 5.84 Å². The molecule has 0 bridgehead atoms. The molecule has 0 aliphatic carbocycles. The number of hydrogen-bond donors (Lipinski definition) is 2. The summed E-state index contributed by atoms with van der Waals surface area (Å²) in [5.41, 5.74) is 3.63. The second-order valence-electron chi connectivity index (χ2n) is 2.74. The van der Waals surface area contributed by atoms with E-state index in [1.807, 2.05) is 30.3 Å². The van der Waals surface area contributed by atoms with Gasteiger partial charge in [-0.3, -0.25) is 4.99 Å². The topological polar surface area (TPSA) is 50.4 Å². The van der Waals surface area contributed by atoms with Crippen LogP contribution in [0.1, 0.15) is 20.3 Å². The summed E-state index contributed by atoms with van der Waals surface area (Å²) in [4.78, 5) is 4.31. The second-order valence-corrected chi connectivity index (χ2v) is 2.74. The summed E-state index contributed by atoms with van der Waals surface area (Å²) >= 11 is 0. The van der Waals surface area contributed by atoms with Crippen molar-refractivity contribution in [2.24, 2.45) is 10.8 Å². The number of amidine groups is 1. The largest absolute Gasteiger partial charge is 0.308 e. The standard InChI is InChI=1S/C10H15N3.H2/c1-2-8-12-10(13-11)9-6-4-3-5-7-9;/h3-7H,2,8,11H2,1H3,(H,12,13);1H. The zero-order valence-electron chi connectivity index (χ0n) is 7.83. The highest BCUT2D eigenvalue weighted by Gasteiger charge is 1.97. The van der Waals surface area contributed by atoms with Crippen molar-refractivity contribution in [1.29, 1.82) is 0 Å². The molecule has 0 fully saturated rings. The molecule has 1 aromatic carbocycles. The first-order chi connectivity index (χ1) is 6.38. The second kappa shape index (κ2) is 5.32. The average Bonchev–Trinajstić information content (AvgIpc) is 2.21. The van der Waals surface area contributed by atoms with Crippen LogP contribution in [0.2, 0.25) is 0 Å². The van der Waals surface area contributed by atoms with Gasteiger partial charge in [0.1, 0.15) is 5.84 Å². The smallest absolute Gasteiger partial charge is 0.142 e. The Bertz CT molecular complexity index is 272. The summed E-state index contributed by atoms with van der Waals surface area (Å²) in [7, 11) is 0. The van der Waals surface area contributed by atoms with E-state index < -0.39 is 0 Å². The van der Waals surface area contributed by atoms with Crippen molar-refractivity contribution in [1.82, 2.24) is 5.43 Å². The van der Waals surface area contributed by atoms with Gasteiger partial charge in [-0.25, -0.2) is 5.84 Å². The molecule has 0 unspecified atom stereocenters. The van der Waals surface area contributed by atoms with E-state index in [1.54, 1.807) is 0 Å². The lowest BCUT2D eigenvalue weighted by Gasteiger charge is -2.04. The van der Waals surface area contributed by atoms with Crippen molar-refractivity contribution in [3.05, 3.63) is 35.9 Å². The van der Waals surface area contributed by atoms with E-state index in [-0.39, 0.29) is 1.43 Å². The fourth-order valence-corrected chi connectivity index (χ4v) is 1.04. The van der Waals surface area contributed by atoms with E-state index in [9.17, 15) is 0 Å². The lowest BCUT2D eigenvalue weighted by Crippen LogP contribution is -2.31. The van der Waals surface area contributed by atoms with Gasteiger partial charge in [0, 0.05) is 13.5 Å². The van der Waals surface area contributed by atoms with Crippen LogP contribution in [0, 0.1) is 0 Å². The molecule has 13 heavy (non-hydrogen) atoms. The molecule has 0 amide bonds. The molecule has 1 rings (SSSR count). The normalized spacial score (nSPS) is 11.4. The van der Waals surface area contributed by atoms with Gasteiger partial charge in [-0.15, -0.1) is 0 Å². The lowest BCUT2D eigenvalue weighted by molar-refractivity contribution is 0.907. The zero-order valence-corrected chi connectivity index (χ0v) is 7.83. The Labute approximate surface area is 80.1 Å². The first-order valence-corrected chi connectivity index (χ1v) is 4.45. The SMILES string of the molecule is CCCN=C(NN)c1ccccc1.[HH]. The molecule has 1 aromatic rings. The van der Waals surface area contributed by atoms with Crippen molar-refractivity contribution < 1.29 is 1.43 Å². The van der Waals surface area contributed by atoms with E-state index in [0.29, 0.717) is 0 Å². The molecule has 0 saturated carbocycles. The zero-order chi connectivity index (χ0) is 9.52. The third-order valence-corrected chi connectivity index (χ3v) is 1.68. The fraction of sp³-hybridized carbons (Fsp3) is 0.300. The van der Waals surface area contributed by atoms with Crippen LogP contribution in [0.4, 0.5) is 0 Å². The van der Waals surface area contributed by atoms with Gasteiger partial charge in [0.05, 0.1) is 0 Å². The molecular weight excluding hydrogens is 162 g/mol. The fourth-order valence-electron chi connectivity index (χ4n) is 1.04. The maximum Gasteiger partial charge on any atom is 0.142 e. The highest BCUT2D eigenvalue weighted by atomic mass is 15.2. The van der Waals surface area contributed by atoms with Crippen LogP contribution in [0.5, 0.6) is 0 Å². The highest BCUT2D eigenvalue weighted by molar-refractivity contribution is 5.98. The first kappa shape index (κ1) is 9.74. The van der Waals surface area contributed by atoms with Crippen LogP contribution in [0.15, 0.2) is 35.3 Å². The molecule has 3 heteroatoms. The van der Waals surface area contributed by atoms with Crippen molar-refractivity contribution in [2.45, 2.75) is 13.3 Å². The van der Waals surface area contributed by atoms with Crippen molar-refractivity contribution in [3.63, 3.8) is 0 Å². The van der Waals surface area contributed by atoms with E-state index in [4.69, 9.17) is 5.84 Å². The third kappa shape index (κ3) is 2.87. The lowest BCUT2D eigenvalue weighted by atomic mass is 10.2. The molecule has 0 spiro atoms. The minimum atomic E-state index is 0. The maximum absolute atomic E-state index is 5.36. The van der Waals surface area contributed by atoms with Crippen LogP contribution in [-0.4, -0.2) is 12.4 Å². The summed E-state index contributed by atoms with van der Waals surface area (Å²) in [6.07, 6.45) is 1.03. The number of benzene rings is 1. The van der Waals surface area contributed by atoms with Crippen molar-refractivity contribution in [2.75, 3.05) is 6.54 Å². The van der Waals surface area contributed by atoms with E-state index in [1.165, 1.54) is 0 Å². The number of hydrogen-bond acceptors (Lipinski definition) is 2. The van der Waals surface area contributed by atoms with Crippen LogP contribution >= 0.6 is 0 Å². The Kier molecular flexibility index (Phi) is 3.99. The molecule has 3 N–H and O–H groups in total. The van der Waals surface area contributed by atoms with E-state index >= 15 is 0 Å². The number of nitrogens with one attached hydrogen (secondary N) is 1. The molecule has 0 atom stereocenters. The average molecular weight is 179 g/mol. The number of rotatable bonds is 3. The van der Waals surface area contributed by atoms with E-state index in [2.05, 4.69) is 17.3 Å². The predicted octanol–water partition coefficient (Wildman–Crippen LogP) is 1.55. The molecule has 3 nitrogen and oxygen atoms in total. The van der Waals surface area contributed by atoms with Crippen LogP contribution in [0.3, 0.4) is 0 Å². The molecular formula is C10H17N3. The Morgan fingerprint density at radius 3 is 2.69 bits per heavy atom. The molecule has 0 heterocycles. The molecule has 0 aliphatic rings. The molecule has 0 radical (unpaired) electrons. The van der Waals surface area contributed by atoms with Gasteiger partial charge in [-0.2, -0.15) is 0 Å². The van der Waals surface area contributed by atoms with E-state index in [0.717, 1.165) is 24.4 Å². The molecule has 0 aromatic heterocycles. The van der Waals surface area contributed by atoms with Gasteiger partial charge in [0.25, 0.3) is 0 Å². The molecule has 0 aliphatic heterocycles. The van der Waals surface area contributed by atoms with Gasteiger partial charge in [0.2, 0.25) is 0 Å². The third-order valence-electron chi connectivity index (χ3n) is 1.68. The monoisotopic (exact) mass is 179 g/mol. The van der Waals surface area contributed by atoms with Gasteiger partial charge in [-0.05, 0) is 6.42 Å². The number of aliphatic imine (C=N–C) groups is 1.